The zero-order chi connectivity index (χ0) is 23.0. The van der Waals surface area contributed by atoms with E-state index in [-0.39, 0.29) is 79.2 Å². The van der Waals surface area contributed by atoms with Crippen molar-refractivity contribution in [2.75, 3.05) is 0 Å². The minimum Gasteiger partial charge on any atom is -0.779 e. The molecule has 0 saturated carbocycles. The summed E-state index contributed by atoms with van der Waals surface area (Å²) in [5, 5.41) is 0. The Morgan fingerprint density at radius 2 is 1.22 bits per heavy atom. The van der Waals surface area contributed by atoms with Crippen LogP contribution < -0.4 is 51.4 Å². The van der Waals surface area contributed by atoms with Gasteiger partial charge in [-0.3, -0.25) is 0 Å². The maximum Gasteiger partial charge on any atom is 1.00 e. The number of halogens is 6. The van der Waals surface area contributed by atoms with Gasteiger partial charge >= 0.3 is 63.7 Å². The van der Waals surface area contributed by atoms with Gasteiger partial charge in [0.15, 0.2) is 0 Å². The van der Waals surface area contributed by atoms with Crippen LogP contribution in [0.5, 0.6) is 0 Å². The summed E-state index contributed by atoms with van der Waals surface area (Å²) in [7, 11) is 0. The fourth-order valence-electron chi connectivity index (χ4n) is 2.95. The number of rotatable bonds is 3. The van der Waals surface area contributed by atoms with Crippen molar-refractivity contribution < 1.29 is 77.7 Å². The van der Waals surface area contributed by atoms with Crippen LogP contribution in [0, 0.1) is 13.8 Å². The Bertz CT molecular complexity index is 1100. The van der Waals surface area contributed by atoms with Gasteiger partial charge in [-0.15, -0.1) is 0 Å². The Kier molecular flexibility index (Phi) is 8.74. The molecule has 1 nitrogen and oxygen atoms in total. The topological polar surface area (TPSA) is 12.4 Å². The first-order chi connectivity index (χ1) is 14.3. The molecule has 0 heterocycles. The molecule has 0 saturated heterocycles. The van der Waals surface area contributed by atoms with Crippen LogP contribution in [-0.2, 0) is 25.0 Å². The van der Waals surface area contributed by atoms with Gasteiger partial charge in [-0.1, -0.05) is 41.5 Å². The smallest absolute Gasteiger partial charge is 0.779 e. The van der Waals surface area contributed by atoms with Gasteiger partial charge in [-0.2, -0.15) is 31.2 Å². The number of aliphatic imine (C=N–C) groups is 1. The van der Waals surface area contributed by atoms with Crippen molar-refractivity contribution in [1.29, 1.82) is 0 Å². The van der Waals surface area contributed by atoms with Crippen LogP contribution in [0.1, 0.15) is 33.4 Å². The predicted molar refractivity (Wildman–Crippen MR) is 110 cm³/mol. The summed E-state index contributed by atoms with van der Waals surface area (Å²) in [6, 6.07) is 13.1. The van der Waals surface area contributed by atoms with E-state index in [4.69, 9.17) is 12.6 Å². The molecule has 3 aromatic rings. The second-order valence-corrected chi connectivity index (χ2v) is 7.53. The third kappa shape index (κ3) is 6.65. The minimum atomic E-state index is -4.96. The maximum atomic E-state index is 13.4. The summed E-state index contributed by atoms with van der Waals surface area (Å²) in [4.78, 5) is 4.67. The quantitative estimate of drug-likeness (QED) is 0.229. The molecule has 0 unspecified atom stereocenters. The molecule has 0 aromatic heterocycles. The number of aryl methyl sites for hydroxylation is 2. The normalized spacial score (nSPS) is 12.4. The van der Waals surface area contributed by atoms with Gasteiger partial charge in [0, 0.05) is 5.56 Å². The van der Waals surface area contributed by atoms with E-state index in [1.807, 2.05) is 6.92 Å². The second kappa shape index (κ2) is 10.4. The first-order valence-corrected chi connectivity index (χ1v) is 9.48. The van der Waals surface area contributed by atoms with E-state index in [9.17, 15) is 26.3 Å². The van der Waals surface area contributed by atoms with Crippen molar-refractivity contribution in [3.8, 4) is 0 Å². The van der Waals surface area contributed by atoms with Crippen LogP contribution in [0.15, 0.2) is 70.6 Å². The van der Waals surface area contributed by atoms with E-state index in [0.717, 1.165) is 11.1 Å². The number of hydrogen-bond acceptors (Lipinski definition) is 2. The molecule has 0 N–H and O–H groups in total. The summed E-state index contributed by atoms with van der Waals surface area (Å²) in [6.07, 6.45) is -9.93. The number of nitrogens with zero attached hydrogens (tertiary/aromatic N) is 1. The Labute approximate surface area is 229 Å². The van der Waals surface area contributed by atoms with Crippen molar-refractivity contribution >= 4 is 24.0 Å². The van der Waals surface area contributed by atoms with Crippen molar-refractivity contribution in [3.05, 3.63) is 94.0 Å². The zero-order valence-corrected chi connectivity index (χ0v) is 21.3. The number of hydrogen-bond donors (Lipinski definition) is 0. The first kappa shape index (κ1) is 27.0. The molecule has 0 spiro atoms. The average molecular weight is 492 g/mol. The van der Waals surface area contributed by atoms with E-state index in [2.05, 4.69) is 4.99 Å². The monoisotopic (exact) mass is 491 g/mol. The van der Waals surface area contributed by atoms with E-state index < -0.39 is 23.5 Å². The fourth-order valence-corrected chi connectivity index (χ4v) is 3.17. The SMILES string of the molecule is Cc1ccc(N=C(c2cc(C(F)(F)F)cc(C(F)(F)F)c2)c2cc(C)ccc2[S-])cc1.[K+]. The van der Waals surface area contributed by atoms with E-state index in [1.54, 1.807) is 49.4 Å². The molecule has 0 bridgehead atoms. The van der Waals surface area contributed by atoms with Crippen LogP contribution >= 0.6 is 0 Å². The fraction of sp³-hybridized carbons (Fsp3) is 0.174. The molecule has 32 heavy (non-hydrogen) atoms. The number of alkyl halides is 6. The maximum absolute atomic E-state index is 13.4. The molecule has 0 atom stereocenters. The molecule has 0 amide bonds. The van der Waals surface area contributed by atoms with Crippen LogP contribution in [0.3, 0.4) is 0 Å². The summed E-state index contributed by atoms with van der Waals surface area (Å²) in [6.45, 7) is 3.59. The molecule has 3 rings (SSSR count). The van der Waals surface area contributed by atoms with Crippen molar-refractivity contribution in [1.82, 2.24) is 0 Å². The van der Waals surface area contributed by atoms with Crippen molar-refractivity contribution in [2.45, 2.75) is 31.1 Å². The molecule has 0 radical (unpaired) electrons. The Balaban J connectivity index is 0.00000363. The van der Waals surface area contributed by atoms with Gasteiger partial charge in [-0.05, 0) is 49.7 Å². The Morgan fingerprint density at radius 3 is 1.72 bits per heavy atom. The molecule has 9 heteroatoms. The summed E-state index contributed by atoms with van der Waals surface area (Å²) < 4.78 is 80.3. The third-order valence-corrected chi connectivity index (χ3v) is 4.88. The molecule has 3 aromatic carbocycles. The van der Waals surface area contributed by atoms with Crippen molar-refractivity contribution in [2.24, 2.45) is 4.99 Å². The second-order valence-electron chi connectivity index (χ2n) is 7.09. The summed E-state index contributed by atoms with van der Waals surface area (Å²) in [5.74, 6) is 0. The molecule has 162 valence electrons. The minimum absolute atomic E-state index is 0. The van der Waals surface area contributed by atoms with Gasteiger partial charge in [-0.25, -0.2) is 4.99 Å². The van der Waals surface area contributed by atoms with Gasteiger partial charge in [0.1, 0.15) is 0 Å². The van der Waals surface area contributed by atoms with Gasteiger partial charge < -0.3 is 12.6 Å². The van der Waals surface area contributed by atoms with Gasteiger partial charge in [0.25, 0.3) is 0 Å². The molecule has 0 fully saturated rings. The number of benzene rings is 3. The standard InChI is InChI=1S/C23H17F6NS.K/c1-13-3-6-18(7-4-13)30-21(19-9-14(2)5-8-20(19)31)15-10-16(22(24,25)26)12-17(11-15)23(27,28)29;/h3-12,31H,1-2H3;/q;+1/p-1. The average Bonchev–Trinajstić information content (AvgIpc) is 2.68. The summed E-state index contributed by atoms with van der Waals surface area (Å²) in [5.41, 5.74) is -0.874. The third-order valence-electron chi connectivity index (χ3n) is 4.53. The van der Waals surface area contributed by atoms with E-state index in [1.165, 1.54) is 0 Å². The van der Waals surface area contributed by atoms with Crippen LogP contribution in [0.2, 0.25) is 0 Å². The predicted octanol–water partition coefficient (Wildman–Crippen LogP) is 4.42. The van der Waals surface area contributed by atoms with Crippen LogP contribution in [0.4, 0.5) is 32.0 Å². The van der Waals surface area contributed by atoms with E-state index in [0.29, 0.717) is 17.8 Å². The van der Waals surface area contributed by atoms with Crippen LogP contribution in [0.25, 0.3) is 0 Å². The molecule has 0 aliphatic heterocycles. The zero-order valence-electron chi connectivity index (χ0n) is 17.4. The first-order valence-electron chi connectivity index (χ1n) is 9.08. The van der Waals surface area contributed by atoms with E-state index >= 15 is 0 Å². The van der Waals surface area contributed by atoms with Gasteiger partial charge in [0.05, 0.1) is 22.5 Å². The molecular formula is C23H16F6KNS. The Hall–Kier alpha value is -1.23. The van der Waals surface area contributed by atoms with Crippen molar-refractivity contribution in [3.63, 3.8) is 0 Å². The van der Waals surface area contributed by atoms with Gasteiger partial charge in [0.2, 0.25) is 0 Å². The molecular weight excluding hydrogens is 475 g/mol. The summed E-state index contributed by atoms with van der Waals surface area (Å²) >= 11 is 5.31. The molecule has 0 aliphatic rings. The largest absolute Gasteiger partial charge is 1.00 e. The molecule has 0 aliphatic carbocycles. The Morgan fingerprint density at radius 1 is 0.719 bits per heavy atom. The van der Waals surface area contributed by atoms with Crippen LogP contribution in [-0.4, -0.2) is 5.71 Å².